The van der Waals surface area contributed by atoms with Crippen LogP contribution in [0.5, 0.6) is 5.75 Å². The maximum atomic E-state index is 6.16. The van der Waals surface area contributed by atoms with Crippen molar-refractivity contribution in [3.63, 3.8) is 0 Å². The Balaban J connectivity index is 1.61. The van der Waals surface area contributed by atoms with Crippen LogP contribution < -0.4 is 4.74 Å². The van der Waals surface area contributed by atoms with Crippen LogP contribution in [0.3, 0.4) is 0 Å². The van der Waals surface area contributed by atoms with Crippen LogP contribution in [0.15, 0.2) is 48.5 Å². The molecule has 1 aliphatic heterocycles. The van der Waals surface area contributed by atoms with Crippen LogP contribution in [-0.4, -0.2) is 33.3 Å². The van der Waals surface area contributed by atoms with Crippen molar-refractivity contribution < 1.29 is 4.74 Å². The van der Waals surface area contributed by atoms with Crippen LogP contribution in [0.2, 0.25) is 5.02 Å². The lowest BCUT2D eigenvalue weighted by molar-refractivity contribution is 0.190. The van der Waals surface area contributed by atoms with Crippen molar-refractivity contribution in [3.8, 4) is 17.1 Å². The molecule has 0 bridgehead atoms. The molecule has 0 aliphatic carbocycles. The molecule has 0 radical (unpaired) electrons. The van der Waals surface area contributed by atoms with Crippen molar-refractivity contribution >= 4 is 23.8 Å². The Hall–Kier alpha value is -2.15. The third-order valence-electron chi connectivity index (χ3n) is 4.97. The van der Waals surface area contributed by atoms with E-state index in [2.05, 4.69) is 45.3 Å². The molecule has 5 nitrogen and oxygen atoms in total. The van der Waals surface area contributed by atoms with Crippen LogP contribution in [0, 0.1) is 4.77 Å². The van der Waals surface area contributed by atoms with E-state index in [4.69, 9.17) is 28.6 Å². The highest BCUT2D eigenvalue weighted by Crippen LogP contribution is 2.33. The number of aromatic amines is 1. The number of aromatic nitrogens is 3. The standard InChI is InChI=1S/C20H21ClN4OS/c1-26-18-10-9-15(21)12-16(18)19-22-20(27)25(23-19)13-24-11-5-8-17(24)14-6-3-2-4-7-14/h2-4,6-7,9-10,12,17H,5,8,11,13H2,1H3,(H,22,23,27)/t17-/m1/s1. The molecule has 0 spiro atoms. The maximum Gasteiger partial charge on any atom is 0.217 e. The highest BCUT2D eigenvalue weighted by molar-refractivity contribution is 7.71. The van der Waals surface area contributed by atoms with Gasteiger partial charge < -0.3 is 4.74 Å². The summed E-state index contributed by atoms with van der Waals surface area (Å²) in [6.07, 6.45) is 2.33. The topological polar surface area (TPSA) is 46.1 Å². The van der Waals surface area contributed by atoms with Crippen molar-refractivity contribution in [2.24, 2.45) is 0 Å². The number of hydrogen-bond acceptors (Lipinski definition) is 4. The molecule has 1 saturated heterocycles. The summed E-state index contributed by atoms with van der Waals surface area (Å²) >= 11 is 11.7. The van der Waals surface area contributed by atoms with Crippen molar-refractivity contribution in [2.45, 2.75) is 25.6 Å². The molecule has 4 rings (SSSR count). The lowest BCUT2D eigenvalue weighted by Gasteiger charge is -2.24. The van der Waals surface area contributed by atoms with Gasteiger partial charge in [0, 0.05) is 17.6 Å². The number of likely N-dealkylation sites (tertiary alicyclic amines) is 1. The third kappa shape index (κ3) is 3.78. The van der Waals surface area contributed by atoms with E-state index in [-0.39, 0.29) is 0 Å². The molecule has 140 valence electrons. The summed E-state index contributed by atoms with van der Waals surface area (Å²) in [5.74, 6) is 1.37. The minimum atomic E-state index is 0.403. The number of nitrogens with one attached hydrogen (secondary N) is 1. The fourth-order valence-corrected chi connectivity index (χ4v) is 4.03. The van der Waals surface area contributed by atoms with E-state index >= 15 is 0 Å². The van der Waals surface area contributed by atoms with Gasteiger partial charge in [0.1, 0.15) is 5.75 Å². The Bertz CT molecular complexity index is 985. The van der Waals surface area contributed by atoms with Gasteiger partial charge in [0.05, 0.1) is 19.3 Å². The number of methoxy groups -OCH3 is 1. The van der Waals surface area contributed by atoms with E-state index in [1.807, 2.05) is 16.8 Å². The monoisotopic (exact) mass is 400 g/mol. The van der Waals surface area contributed by atoms with Crippen molar-refractivity contribution in [3.05, 3.63) is 63.9 Å². The zero-order valence-electron chi connectivity index (χ0n) is 15.1. The Morgan fingerprint density at radius 3 is 2.85 bits per heavy atom. The SMILES string of the molecule is COc1ccc(Cl)cc1-c1nc(=S)n(CN2CCC[C@@H]2c2ccccc2)[nH]1. The van der Waals surface area contributed by atoms with E-state index in [0.29, 0.717) is 34.1 Å². The molecule has 1 N–H and O–H groups in total. The third-order valence-corrected chi connectivity index (χ3v) is 5.51. The Morgan fingerprint density at radius 2 is 2.07 bits per heavy atom. The minimum Gasteiger partial charge on any atom is -0.496 e. The van der Waals surface area contributed by atoms with Gasteiger partial charge in [0.2, 0.25) is 4.77 Å². The zero-order valence-corrected chi connectivity index (χ0v) is 16.6. The number of nitrogens with zero attached hydrogens (tertiary/aromatic N) is 3. The van der Waals surface area contributed by atoms with E-state index in [0.717, 1.165) is 18.5 Å². The highest BCUT2D eigenvalue weighted by atomic mass is 35.5. The average Bonchev–Trinajstić information content (AvgIpc) is 3.30. The van der Waals surface area contributed by atoms with Gasteiger partial charge in [-0.25, -0.2) is 4.68 Å². The highest BCUT2D eigenvalue weighted by Gasteiger charge is 2.26. The molecule has 0 unspecified atom stereocenters. The van der Waals surface area contributed by atoms with E-state index in [9.17, 15) is 0 Å². The smallest absolute Gasteiger partial charge is 0.217 e. The predicted molar refractivity (Wildman–Crippen MR) is 110 cm³/mol. The van der Waals surface area contributed by atoms with Crippen LogP contribution in [0.1, 0.15) is 24.4 Å². The Kier molecular flexibility index (Phi) is 5.29. The summed E-state index contributed by atoms with van der Waals surface area (Å²) in [5, 5.41) is 3.95. The Morgan fingerprint density at radius 1 is 1.26 bits per heavy atom. The second-order valence-corrected chi connectivity index (χ2v) is 7.45. The van der Waals surface area contributed by atoms with Crippen LogP contribution >= 0.6 is 23.8 Å². The summed E-state index contributed by atoms with van der Waals surface area (Å²) in [6.45, 7) is 1.71. The van der Waals surface area contributed by atoms with Crippen molar-refractivity contribution in [2.75, 3.05) is 13.7 Å². The van der Waals surface area contributed by atoms with Crippen LogP contribution in [-0.2, 0) is 6.67 Å². The molecule has 1 aromatic heterocycles. The molecule has 7 heteroatoms. The molecule has 2 heterocycles. The molecule has 1 fully saturated rings. The maximum absolute atomic E-state index is 6.16. The first-order valence-corrected chi connectivity index (χ1v) is 9.74. The van der Waals surface area contributed by atoms with E-state index < -0.39 is 0 Å². The quantitative estimate of drug-likeness (QED) is 0.608. The molecule has 0 amide bonds. The lowest BCUT2D eigenvalue weighted by Crippen LogP contribution is -2.26. The average molecular weight is 401 g/mol. The number of halogens is 1. The van der Waals surface area contributed by atoms with Gasteiger partial charge in [-0.2, -0.15) is 4.98 Å². The number of ether oxygens (including phenoxy) is 1. The summed E-state index contributed by atoms with van der Waals surface area (Å²) < 4.78 is 7.87. The second kappa shape index (κ2) is 7.84. The van der Waals surface area contributed by atoms with Crippen LogP contribution in [0.4, 0.5) is 0 Å². The van der Waals surface area contributed by atoms with Crippen LogP contribution in [0.25, 0.3) is 11.4 Å². The van der Waals surface area contributed by atoms with Gasteiger partial charge in [0.25, 0.3) is 0 Å². The second-order valence-electron chi connectivity index (χ2n) is 6.65. The fourth-order valence-electron chi connectivity index (χ4n) is 3.67. The van der Waals surface area contributed by atoms with Gasteiger partial charge in [-0.15, -0.1) is 0 Å². The molecule has 3 aromatic rings. The first-order chi connectivity index (χ1) is 13.2. The summed E-state index contributed by atoms with van der Waals surface area (Å²) in [4.78, 5) is 6.96. The molecule has 1 atom stereocenters. The molecular formula is C20H21ClN4OS. The van der Waals surface area contributed by atoms with Gasteiger partial charge in [-0.05, 0) is 48.8 Å². The minimum absolute atomic E-state index is 0.403. The normalized spacial score (nSPS) is 17.3. The summed E-state index contributed by atoms with van der Waals surface area (Å²) in [6, 6.07) is 16.5. The molecule has 27 heavy (non-hydrogen) atoms. The zero-order chi connectivity index (χ0) is 18.8. The summed E-state index contributed by atoms with van der Waals surface area (Å²) in [5.41, 5.74) is 2.15. The van der Waals surface area contributed by atoms with Crippen molar-refractivity contribution in [1.82, 2.24) is 19.7 Å². The van der Waals surface area contributed by atoms with Gasteiger partial charge in [-0.3, -0.25) is 10.00 Å². The van der Waals surface area contributed by atoms with Gasteiger partial charge in [0.15, 0.2) is 5.82 Å². The molecule has 1 aliphatic rings. The molecule has 2 aromatic carbocycles. The molecular weight excluding hydrogens is 380 g/mol. The largest absolute Gasteiger partial charge is 0.496 e. The predicted octanol–water partition coefficient (Wildman–Crippen LogP) is 5.06. The first kappa shape index (κ1) is 18.2. The van der Waals surface area contributed by atoms with Gasteiger partial charge >= 0.3 is 0 Å². The lowest BCUT2D eigenvalue weighted by atomic mass is 10.1. The van der Waals surface area contributed by atoms with Gasteiger partial charge in [-0.1, -0.05) is 41.9 Å². The molecule has 0 saturated carbocycles. The summed E-state index contributed by atoms with van der Waals surface area (Å²) in [7, 11) is 1.63. The first-order valence-electron chi connectivity index (χ1n) is 8.95. The number of benzene rings is 2. The number of rotatable bonds is 5. The number of hydrogen-bond donors (Lipinski definition) is 1. The van der Waals surface area contributed by atoms with Crippen molar-refractivity contribution in [1.29, 1.82) is 0 Å². The van der Waals surface area contributed by atoms with E-state index in [1.54, 1.807) is 13.2 Å². The Labute approximate surface area is 168 Å². The fraction of sp³-hybridized carbons (Fsp3) is 0.300. The van der Waals surface area contributed by atoms with E-state index in [1.165, 1.54) is 12.0 Å². The number of H-pyrrole nitrogens is 1.